The van der Waals surface area contributed by atoms with E-state index in [1.807, 2.05) is 48.5 Å². The van der Waals surface area contributed by atoms with E-state index in [0.717, 1.165) is 21.0 Å². The molecule has 0 spiro atoms. The number of hydrogen-bond acceptors (Lipinski definition) is 4. The van der Waals surface area contributed by atoms with Gasteiger partial charge in [-0.05, 0) is 24.3 Å². The normalized spacial score (nSPS) is 13.1. The molecule has 0 N–H and O–H groups in total. The molecule has 0 atom stereocenters. The number of aliphatic imine (C=N–C) groups is 1. The molecule has 0 fully saturated rings. The zero-order valence-electron chi connectivity index (χ0n) is 11.1. The number of benzene rings is 2. The lowest BCUT2D eigenvalue weighted by atomic mass is 10.2. The summed E-state index contributed by atoms with van der Waals surface area (Å²) in [5.41, 5.74) is 1.53. The largest absolute Gasteiger partial charge is 0.484 e. The van der Waals surface area contributed by atoms with Crippen molar-refractivity contribution < 1.29 is 9.53 Å². The van der Waals surface area contributed by atoms with E-state index in [4.69, 9.17) is 4.74 Å². The number of thioether (sulfide) groups is 1. The van der Waals surface area contributed by atoms with E-state index in [-0.39, 0.29) is 5.78 Å². The van der Waals surface area contributed by atoms with Gasteiger partial charge in [0.05, 0.1) is 5.75 Å². The molecule has 2 aromatic carbocycles. The average Bonchev–Trinajstić information content (AvgIpc) is 2.53. The van der Waals surface area contributed by atoms with Crippen LogP contribution in [0.25, 0.3) is 0 Å². The van der Waals surface area contributed by atoms with Crippen molar-refractivity contribution in [1.82, 2.24) is 0 Å². The summed E-state index contributed by atoms with van der Waals surface area (Å²) in [7, 11) is 0. The molecule has 21 heavy (non-hydrogen) atoms. The third-order valence-corrected chi connectivity index (χ3v) is 4.48. The van der Waals surface area contributed by atoms with Crippen molar-refractivity contribution in [1.29, 1.82) is 0 Å². The molecule has 2 aromatic rings. The van der Waals surface area contributed by atoms with Crippen LogP contribution in [0.2, 0.25) is 0 Å². The number of Topliss-reactive ketones (excluding diaryl/α,β-unsaturated/α-hetero) is 1. The van der Waals surface area contributed by atoms with Crippen LogP contribution in [0, 0.1) is 0 Å². The molecule has 5 heteroatoms. The molecular weight excluding hydrogens is 350 g/mol. The predicted octanol–water partition coefficient (Wildman–Crippen LogP) is 4.49. The Morgan fingerprint density at radius 1 is 1.19 bits per heavy atom. The van der Waals surface area contributed by atoms with Crippen LogP contribution in [0.15, 0.2) is 58.0 Å². The molecule has 0 saturated carbocycles. The molecule has 0 amide bonds. The lowest BCUT2D eigenvalue weighted by molar-refractivity contribution is 0.102. The monoisotopic (exact) mass is 361 g/mol. The van der Waals surface area contributed by atoms with Crippen LogP contribution in [0.4, 0.5) is 5.69 Å². The smallest absolute Gasteiger partial charge is 0.173 e. The first kappa shape index (κ1) is 14.4. The van der Waals surface area contributed by atoms with Crippen molar-refractivity contribution >= 4 is 44.2 Å². The van der Waals surface area contributed by atoms with Gasteiger partial charge in [-0.2, -0.15) is 0 Å². The highest BCUT2D eigenvalue weighted by atomic mass is 79.9. The Bertz CT molecular complexity index is 698. The quantitative estimate of drug-likeness (QED) is 0.756. The van der Waals surface area contributed by atoms with Gasteiger partial charge in [-0.25, -0.2) is 4.99 Å². The van der Waals surface area contributed by atoms with E-state index < -0.39 is 0 Å². The lowest BCUT2D eigenvalue weighted by Gasteiger charge is -2.15. The van der Waals surface area contributed by atoms with E-state index >= 15 is 0 Å². The number of halogens is 1. The number of fused-ring (bicyclic) bond motifs is 1. The van der Waals surface area contributed by atoms with Crippen molar-refractivity contribution in [3.05, 3.63) is 58.6 Å². The summed E-state index contributed by atoms with van der Waals surface area (Å²) < 4.78 is 6.59. The summed E-state index contributed by atoms with van der Waals surface area (Å²) in [6.07, 6.45) is 0. The van der Waals surface area contributed by atoms with Crippen LogP contribution in [0.1, 0.15) is 10.4 Å². The summed E-state index contributed by atoms with van der Waals surface area (Å²) >= 11 is 4.79. The first-order valence-corrected chi connectivity index (χ1v) is 8.21. The zero-order chi connectivity index (χ0) is 14.7. The Balaban J connectivity index is 1.65. The van der Waals surface area contributed by atoms with Crippen LogP contribution in [0.3, 0.4) is 0 Å². The molecule has 0 aliphatic carbocycles. The first-order valence-electron chi connectivity index (χ1n) is 6.43. The molecule has 0 radical (unpaired) electrons. The van der Waals surface area contributed by atoms with Gasteiger partial charge in [0, 0.05) is 10.0 Å². The zero-order valence-corrected chi connectivity index (χ0v) is 13.5. The minimum atomic E-state index is 0.0917. The number of para-hydroxylation sites is 2. The fourth-order valence-corrected chi connectivity index (χ4v) is 2.95. The van der Waals surface area contributed by atoms with Gasteiger partial charge >= 0.3 is 0 Å². The number of rotatable bonds is 3. The number of hydrogen-bond donors (Lipinski definition) is 0. The Hall–Kier alpha value is -1.59. The highest BCUT2D eigenvalue weighted by Gasteiger charge is 2.14. The SMILES string of the molecule is O=C(CSC1=Nc2ccccc2OC1)c1ccc(Br)cc1. The molecule has 3 rings (SSSR count). The molecular formula is C16H12BrNO2S. The third kappa shape index (κ3) is 3.54. The maximum absolute atomic E-state index is 12.1. The van der Waals surface area contributed by atoms with Gasteiger partial charge in [-0.1, -0.05) is 52.0 Å². The minimum absolute atomic E-state index is 0.0917. The van der Waals surface area contributed by atoms with Gasteiger partial charge in [-0.3, -0.25) is 4.79 Å². The number of carbonyl (C=O) groups is 1. The highest BCUT2D eigenvalue weighted by Crippen LogP contribution is 2.31. The summed E-state index contributed by atoms with van der Waals surface area (Å²) in [5, 5.41) is 0.833. The van der Waals surface area contributed by atoms with Crippen LogP contribution < -0.4 is 4.74 Å². The van der Waals surface area contributed by atoms with Crippen molar-refractivity contribution in [3.8, 4) is 5.75 Å². The van der Waals surface area contributed by atoms with Crippen molar-refractivity contribution in [3.63, 3.8) is 0 Å². The Labute approximate surface area is 135 Å². The number of carbonyl (C=O) groups excluding carboxylic acids is 1. The predicted molar refractivity (Wildman–Crippen MR) is 90.0 cm³/mol. The maximum atomic E-state index is 12.1. The summed E-state index contributed by atoms with van der Waals surface area (Å²) in [6.45, 7) is 0.426. The molecule has 0 unspecified atom stereocenters. The van der Waals surface area contributed by atoms with Crippen LogP contribution >= 0.6 is 27.7 Å². The molecule has 3 nitrogen and oxygen atoms in total. The molecule has 1 aliphatic rings. The number of ketones is 1. The van der Waals surface area contributed by atoms with E-state index in [1.54, 1.807) is 0 Å². The van der Waals surface area contributed by atoms with Crippen LogP contribution in [-0.2, 0) is 0 Å². The van der Waals surface area contributed by atoms with Crippen LogP contribution in [-0.4, -0.2) is 23.2 Å². The summed E-state index contributed by atoms with van der Waals surface area (Å²) in [4.78, 5) is 16.6. The lowest BCUT2D eigenvalue weighted by Crippen LogP contribution is -2.14. The van der Waals surface area contributed by atoms with Crippen molar-refractivity contribution in [2.45, 2.75) is 0 Å². The standard InChI is InChI=1S/C16H12BrNO2S/c17-12-7-5-11(6-8-12)14(19)10-21-16-9-20-15-4-2-1-3-13(15)18-16/h1-8H,9-10H2. The molecule has 1 heterocycles. The number of nitrogens with zero attached hydrogens (tertiary/aromatic N) is 1. The van der Waals surface area contributed by atoms with Gasteiger partial charge in [0.1, 0.15) is 23.1 Å². The second kappa shape index (κ2) is 6.45. The second-order valence-corrected chi connectivity index (χ2v) is 6.44. The summed E-state index contributed by atoms with van der Waals surface area (Å²) in [5.74, 6) is 1.25. The highest BCUT2D eigenvalue weighted by molar-refractivity contribution is 9.10. The van der Waals surface area contributed by atoms with Gasteiger partial charge in [-0.15, -0.1) is 0 Å². The second-order valence-electron chi connectivity index (χ2n) is 4.48. The third-order valence-electron chi connectivity index (χ3n) is 3.00. The molecule has 1 aliphatic heterocycles. The van der Waals surface area contributed by atoms with E-state index in [9.17, 15) is 4.79 Å². The first-order chi connectivity index (χ1) is 10.2. The van der Waals surface area contributed by atoms with Crippen molar-refractivity contribution in [2.24, 2.45) is 4.99 Å². The van der Waals surface area contributed by atoms with Gasteiger partial charge in [0.15, 0.2) is 5.78 Å². The maximum Gasteiger partial charge on any atom is 0.173 e. The Morgan fingerprint density at radius 2 is 1.95 bits per heavy atom. The topological polar surface area (TPSA) is 38.7 Å². The average molecular weight is 362 g/mol. The van der Waals surface area contributed by atoms with Crippen LogP contribution in [0.5, 0.6) is 5.75 Å². The van der Waals surface area contributed by atoms with E-state index in [0.29, 0.717) is 17.9 Å². The fourth-order valence-electron chi connectivity index (χ4n) is 1.92. The van der Waals surface area contributed by atoms with E-state index in [1.165, 1.54) is 11.8 Å². The van der Waals surface area contributed by atoms with Gasteiger partial charge < -0.3 is 4.74 Å². The molecule has 0 saturated heterocycles. The molecule has 0 bridgehead atoms. The minimum Gasteiger partial charge on any atom is -0.484 e. The number of ether oxygens (including phenoxy) is 1. The molecule has 0 aromatic heterocycles. The summed E-state index contributed by atoms with van der Waals surface area (Å²) in [6, 6.07) is 15.0. The Kier molecular flexibility index (Phi) is 4.41. The Morgan fingerprint density at radius 3 is 2.76 bits per heavy atom. The van der Waals surface area contributed by atoms with E-state index in [2.05, 4.69) is 20.9 Å². The van der Waals surface area contributed by atoms with Crippen molar-refractivity contribution in [2.75, 3.05) is 12.4 Å². The fraction of sp³-hybridized carbons (Fsp3) is 0.125. The van der Waals surface area contributed by atoms with Gasteiger partial charge in [0.2, 0.25) is 0 Å². The van der Waals surface area contributed by atoms with Gasteiger partial charge in [0.25, 0.3) is 0 Å². The molecule has 106 valence electrons.